The summed E-state index contributed by atoms with van der Waals surface area (Å²) in [6, 6.07) is 5.74. The third-order valence-corrected chi connectivity index (χ3v) is 3.24. The van der Waals surface area contributed by atoms with Crippen LogP contribution in [0.3, 0.4) is 0 Å². The number of benzene rings is 1. The molecule has 1 fully saturated rings. The van der Waals surface area contributed by atoms with E-state index in [9.17, 15) is 0 Å². The van der Waals surface area contributed by atoms with E-state index in [1.807, 2.05) is 32.0 Å². The van der Waals surface area contributed by atoms with E-state index in [-0.39, 0.29) is 0 Å². The molecule has 1 aromatic rings. The lowest BCUT2D eigenvalue weighted by molar-refractivity contribution is -0.587. The molecule has 2 heterocycles. The molecule has 0 bridgehead atoms. The Kier molecular flexibility index (Phi) is 1.47. The first-order chi connectivity index (χ1) is 7.11. The molecule has 2 atom stereocenters. The van der Waals surface area contributed by atoms with Gasteiger partial charge in [0.2, 0.25) is 0 Å². The summed E-state index contributed by atoms with van der Waals surface area (Å²) < 4.78 is 11.0. The first kappa shape index (κ1) is 9.00. The quantitative estimate of drug-likeness (QED) is 0.661. The largest absolute Gasteiger partial charge is 0.493 e. The Labute approximate surface area is 87.6 Å². The maximum atomic E-state index is 5.75. The number of ether oxygens (including phenoxy) is 2. The van der Waals surface area contributed by atoms with Crippen molar-refractivity contribution in [2.45, 2.75) is 25.2 Å². The molecule has 0 spiro atoms. The summed E-state index contributed by atoms with van der Waals surface area (Å²) in [6.45, 7) is 3.80. The zero-order chi connectivity index (χ0) is 10.7. The van der Waals surface area contributed by atoms with Crippen molar-refractivity contribution in [3.63, 3.8) is 0 Å². The number of hydrogen-bond acceptors (Lipinski definition) is 4. The second-order valence-corrected chi connectivity index (χ2v) is 4.08. The molecule has 1 aromatic carbocycles. The fourth-order valence-electron chi connectivity index (χ4n) is 2.04. The van der Waals surface area contributed by atoms with Gasteiger partial charge in [-0.25, -0.2) is 4.89 Å². The van der Waals surface area contributed by atoms with Gasteiger partial charge in [0.15, 0.2) is 17.1 Å². The highest BCUT2D eigenvalue weighted by Crippen LogP contribution is 2.59. The van der Waals surface area contributed by atoms with Gasteiger partial charge in [-0.3, -0.25) is 0 Å². The normalized spacial score (nSPS) is 36.2. The van der Waals surface area contributed by atoms with Gasteiger partial charge in [-0.15, -0.1) is 0 Å². The van der Waals surface area contributed by atoms with Crippen LogP contribution in [0.4, 0.5) is 0 Å². The molecule has 0 radical (unpaired) electrons. The number of rotatable bonds is 1. The summed E-state index contributed by atoms with van der Waals surface area (Å²) in [5.74, 6) is 0.684. The molecule has 4 nitrogen and oxygen atoms in total. The summed E-state index contributed by atoms with van der Waals surface area (Å²) in [7, 11) is 1.62. The van der Waals surface area contributed by atoms with E-state index in [4.69, 9.17) is 19.2 Å². The Morgan fingerprint density at radius 3 is 2.60 bits per heavy atom. The highest BCUT2D eigenvalue weighted by Gasteiger charge is 2.67. The molecule has 4 heteroatoms. The Morgan fingerprint density at radius 2 is 2.00 bits per heavy atom. The fourth-order valence-corrected chi connectivity index (χ4v) is 2.04. The van der Waals surface area contributed by atoms with Crippen molar-refractivity contribution in [1.82, 2.24) is 0 Å². The molecule has 2 aliphatic heterocycles. The van der Waals surface area contributed by atoms with E-state index in [1.165, 1.54) is 0 Å². The maximum Gasteiger partial charge on any atom is 0.274 e. The van der Waals surface area contributed by atoms with Crippen LogP contribution in [-0.4, -0.2) is 12.9 Å². The van der Waals surface area contributed by atoms with Gasteiger partial charge in [0, 0.05) is 12.5 Å². The van der Waals surface area contributed by atoms with Crippen molar-refractivity contribution in [2.75, 3.05) is 7.11 Å². The van der Waals surface area contributed by atoms with Gasteiger partial charge in [-0.1, -0.05) is 12.1 Å². The highest BCUT2D eigenvalue weighted by atomic mass is 17.3. The molecular weight excluding hydrogens is 196 g/mol. The lowest BCUT2D eigenvalue weighted by atomic mass is 9.89. The lowest BCUT2D eigenvalue weighted by Crippen LogP contribution is -2.60. The predicted molar refractivity (Wildman–Crippen MR) is 51.5 cm³/mol. The summed E-state index contributed by atoms with van der Waals surface area (Å²) in [6.07, 6.45) is 0. The molecule has 15 heavy (non-hydrogen) atoms. The molecule has 0 aromatic heterocycles. The third kappa shape index (κ3) is 0.843. The topological polar surface area (TPSA) is 36.9 Å². The minimum atomic E-state index is -0.732. The van der Waals surface area contributed by atoms with E-state index in [2.05, 4.69) is 0 Å². The summed E-state index contributed by atoms with van der Waals surface area (Å²) in [5.41, 5.74) is 0.437. The van der Waals surface area contributed by atoms with E-state index in [0.29, 0.717) is 11.5 Å². The van der Waals surface area contributed by atoms with E-state index in [1.54, 1.807) is 7.11 Å². The number of methoxy groups -OCH3 is 1. The second kappa shape index (κ2) is 2.46. The van der Waals surface area contributed by atoms with Gasteiger partial charge in [0.1, 0.15) is 0 Å². The summed E-state index contributed by atoms with van der Waals surface area (Å²) >= 11 is 0. The standard InChI is InChI=1S/C11H12O4/c1-10-7-5-4-6-8(12-3)9(7)13-11(10,2)15-14-10/h4-6H,1-3H3. The van der Waals surface area contributed by atoms with Crippen LogP contribution in [0, 0.1) is 0 Å². The fraction of sp³-hybridized carbons (Fsp3) is 0.455. The second-order valence-electron chi connectivity index (χ2n) is 4.08. The van der Waals surface area contributed by atoms with Crippen LogP contribution in [0.25, 0.3) is 0 Å². The molecule has 0 amide bonds. The minimum Gasteiger partial charge on any atom is -0.493 e. The molecule has 1 saturated heterocycles. The average molecular weight is 208 g/mol. The Balaban J connectivity index is 2.20. The van der Waals surface area contributed by atoms with Crippen LogP contribution in [0.1, 0.15) is 19.4 Å². The van der Waals surface area contributed by atoms with Crippen LogP contribution in [-0.2, 0) is 15.4 Å². The molecule has 0 aliphatic carbocycles. The molecule has 3 rings (SSSR count). The SMILES string of the molecule is COc1cccc2c1OC1(C)OOC21C. The van der Waals surface area contributed by atoms with Crippen molar-refractivity contribution < 1.29 is 19.2 Å². The van der Waals surface area contributed by atoms with Gasteiger partial charge in [0.05, 0.1) is 7.11 Å². The Hall–Kier alpha value is -1.26. The highest BCUT2D eigenvalue weighted by molar-refractivity contribution is 5.54. The average Bonchev–Trinajstić information content (AvgIpc) is 2.39. The van der Waals surface area contributed by atoms with E-state index in [0.717, 1.165) is 5.56 Å². The van der Waals surface area contributed by atoms with Crippen LogP contribution >= 0.6 is 0 Å². The van der Waals surface area contributed by atoms with Crippen molar-refractivity contribution in [2.24, 2.45) is 0 Å². The van der Waals surface area contributed by atoms with Gasteiger partial charge in [0.25, 0.3) is 5.79 Å². The van der Waals surface area contributed by atoms with Crippen molar-refractivity contribution in [3.8, 4) is 11.5 Å². The molecule has 0 saturated carbocycles. The minimum absolute atomic E-state index is 0.531. The van der Waals surface area contributed by atoms with Crippen LogP contribution in [0.2, 0.25) is 0 Å². The molecular formula is C11H12O4. The summed E-state index contributed by atoms with van der Waals surface area (Å²) in [5, 5.41) is 0. The first-order valence-electron chi connectivity index (χ1n) is 4.84. The molecule has 80 valence electrons. The third-order valence-electron chi connectivity index (χ3n) is 3.24. The molecule has 2 aliphatic rings. The zero-order valence-corrected chi connectivity index (χ0v) is 8.87. The Morgan fingerprint density at radius 1 is 1.20 bits per heavy atom. The smallest absolute Gasteiger partial charge is 0.274 e. The molecule has 0 N–H and O–H groups in total. The first-order valence-corrected chi connectivity index (χ1v) is 4.84. The van der Waals surface area contributed by atoms with Crippen molar-refractivity contribution >= 4 is 0 Å². The van der Waals surface area contributed by atoms with Gasteiger partial charge in [-0.2, -0.15) is 4.89 Å². The van der Waals surface area contributed by atoms with Crippen LogP contribution in [0.5, 0.6) is 11.5 Å². The van der Waals surface area contributed by atoms with Crippen LogP contribution < -0.4 is 9.47 Å². The number of para-hydroxylation sites is 1. The van der Waals surface area contributed by atoms with Crippen molar-refractivity contribution in [1.29, 1.82) is 0 Å². The van der Waals surface area contributed by atoms with Gasteiger partial charge < -0.3 is 9.47 Å². The maximum absolute atomic E-state index is 5.75. The lowest BCUT2D eigenvalue weighted by Gasteiger charge is -2.45. The van der Waals surface area contributed by atoms with E-state index < -0.39 is 11.4 Å². The van der Waals surface area contributed by atoms with Gasteiger partial charge >= 0.3 is 0 Å². The van der Waals surface area contributed by atoms with E-state index >= 15 is 0 Å². The number of fused-ring (bicyclic) bond motifs is 3. The summed E-state index contributed by atoms with van der Waals surface area (Å²) in [4.78, 5) is 10.2. The molecule has 2 unspecified atom stereocenters. The monoisotopic (exact) mass is 208 g/mol. The Bertz CT molecular complexity index is 431. The van der Waals surface area contributed by atoms with Crippen LogP contribution in [0.15, 0.2) is 18.2 Å². The van der Waals surface area contributed by atoms with Crippen molar-refractivity contribution in [3.05, 3.63) is 23.8 Å². The predicted octanol–water partition coefficient (Wildman–Crippen LogP) is 1.98. The van der Waals surface area contributed by atoms with Gasteiger partial charge in [-0.05, 0) is 13.0 Å². The number of hydrogen-bond donors (Lipinski definition) is 0. The zero-order valence-electron chi connectivity index (χ0n) is 8.87.